The number of halogens is 4. The van der Waals surface area contributed by atoms with Crippen LogP contribution in [0.5, 0.6) is 0 Å². The number of piperidine rings is 2. The smallest absolute Gasteiger partial charge is 0.393 e. The van der Waals surface area contributed by atoms with Crippen LogP contribution in [-0.2, 0) is 6.18 Å². The Morgan fingerprint density at radius 2 is 1.62 bits per heavy atom. The summed E-state index contributed by atoms with van der Waals surface area (Å²) in [6.07, 6.45) is 0.0546. The van der Waals surface area contributed by atoms with E-state index in [9.17, 15) is 27.5 Å². The van der Waals surface area contributed by atoms with E-state index >= 15 is 0 Å². The minimum Gasteiger partial charge on any atom is -0.393 e. The summed E-state index contributed by atoms with van der Waals surface area (Å²) in [7, 11) is 0. The predicted molar refractivity (Wildman–Crippen MR) is 129 cm³/mol. The molecule has 1 aromatic heterocycles. The number of nitrogens with zero attached hydrogens (tertiary/aromatic N) is 4. The van der Waals surface area contributed by atoms with Gasteiger partial charge >= 0.3 is 12.2 Å². The molecule has 2 aromatic carbocycles. The van der Waals surface area contributed by atoms with E-state index in [-0.39, 0.29) is 23.7 Å². The summed E-state index contributed by atoms with van der Waals surface area (Å²) in [4.78, 5) is 21.4. The summed E-state index contributed by atoms with van der Waals surface area (Å²) >= 11 is 0. The molecule has 2 aliphatic heterocycles. The van der Waals surface area contributed by atoms with Crippen molar-refractivity contribution in [2.75, 3.05) is 26.2 Å². The van der Waals surface area contributed by atoms with Crippen molar-refractivity contribution < 1.29 is 27.5 Å². The molecule has 6 nitrogen and oxygen atoms in total. The second kappa shape index (κ2) is 10.2. The molecule has 2 saturated heterocycles. The lowest BCUT2D eigenvalue weighted by atomic mass is 9.83. The van der Waals surface area contributed by atoms with Gasteiger partial charge in [0.2, 0.25) is 0 Å². The third-order valence-corrected chi connectivity index (χ3v) is 7.32. The number of urea groups is 1. The zero-order valence-electron chi connectivity index (χ0n) is 20.1. The Balaban J connectivity index is 1.42. The van der Waals surface area contributed by atoms with Crippen molar-refractivity contribution in [3.8, 4) is 5.69 Å². The van der Waals surface area contributed by atoms with Gasteiger partial charge in [-0.15, -0.1) is 0 Å². The third kappa shape index (κ3) is 5.49. The van der Waals surface area contributed by atoms with Gasteiger partial charge in [0, 0.05) is 44.2 Å². The molecule has 37 heavy (non-hydrogen) atoms. The molecule has 2 atom stereocenters. The topological polar surface area (TPSA) is 61.6 Å². The first-order chi connectivity index (χ1) is 17.7. The van der Waals surface area contributed by atoms with Crippen LogP contribution in [0.15, 0.2) is 61.1 Å². The van der Waals surface area contributed by atoms with Gasteiger partial charge in [-0.1, -0.05) is 24.3 Å². The van der Waals surface area contributed by atoms with E-state index in [1.807, 2.05) is 0 Å². The van der Waals surface area contributed by atoms with Gasteiger partial charge in [0.15, 0.2) is 0 Å². The first kappa shape index (κ1) is 25.3. The summed E-state index contributed by atoms with van der Waals surface area (Å²) in [5.74, 6) is -0.769. The lowest BCUT2D eigenvalue weighted by molar-refractivity contribution is -0.137. The van der Waals surface area contributed by atoms with Gasteiger partial charge in [0.05, 0.1) is 29.4 Å². The third-order valence-electron chi connectivity index (χ3n) is 7.32. The van der Waals surface area contributed by atoms with Crippen molar-refractivity contribution in [2.45, 2.75) is 43.4 Å². The first-order valence-corrected chi connectivity index (χ1v) is 12.4. The number of benzene rings is 2. The van der Waals surface area contributed by atoms with Crippen molar-refractivity contribution >= 4 is 6.03 Å². The van der Waals surface area contributed by atoms with Gasteiger partial charge in [-0.25, -0.2) is 14.2 Å². The van der Waals surface area contributed by atoms with Gasteiger partial charge in [-0.3, -0.25) is 0 Å². The normalized spacial score (nSPS) is 21.3. The summed E-state index contributed by atoms with van der Waals surface area (Å²) < 4.78 is 55.2. The molecule has 0 spiro atoms. The Bertz CT molecular complexity index is 1240. The van der Waals surface area contributed by atoms with E-state index < -0.39 is 17.8 Å². The number of hydrogen-bond donors (Lipinski definition) is 1. The minimum atomic E-state index is -4.42. The van der Waals surface area contributed by atoms with E-state index in [1.165, 1.54) is 24.5 Å². The van der Waals surface area contributed by atoms with Crippen LogP contribution in [0.1, 0.15) is 47.9 Å². The zero-order valence-corrected chi connectivity index (χ0v) is 20.1. The molecule has 196 valence electrons. The lowest BCUT2D eigenvalue weighted by Crippen LogP contribution is -2.51. The predicted octanol–water partition coefficient (Wildman–Crippen LogP) is 5.18. The van der Waals surface area contributed by atoms with Gasteiger partial charge in [-0.2, -0.15) is 13.2 Å². The average molecular weight is 517 g/mol. The Labute approximate surface area is 212 Å². The second-order valence-corrected chi connectivity index (χ2v) is 9.81. The first-order valence-electron chi connectivity index (χ1n) is 12.4. The van der Waals surface area contributed by atoms with Crippen molar-refractivity contribution in [2.24, 2.45) is 0 Å². The fourth-order valence-electron chi connectivity index (χ4n) is 5.25. The molecule has 10 heteroatoms. The molecule has 2 amide bonds. The SMILES string of the molecule is O=C(N1CCC(O)CC1)N1CC(c2ccc(C(F)(F)F)cc2)CC(c2cn(-c3ccccc3F)cn2)C1. The van der Waals surface area contributed by atoms with E-state index in [4.69, 9.17) is 0 Å². The highest BCUT2D eigenvalue weighted by atomic mass is 19.4. The van der Waals surface area contributed by atoms with Crippen LogP contribution in [0.2, 0.25) is 0 Å². The molecule has 0 bridgehead atoms. The molecule has 3 aromatic rings. The van der Waals surface area contributed by atoms with Crippen LogP contribution < -0.4 is 0 Å². The van der Waals surface area contributed by atoms with Crippen LogP contribution in [0, 0.1) is 5.82 Å². The molecule has 2 unspecified atom stereocenters. The van der Waals surface area contributed by atoms with Crippen molar-refractivity contribution in [3.63, 3.8) is 0 Å². The number of amides is 2. The molecule has 0 saturated carbocycles. The molecule has 3 heterocycles. The van der Waals surface area contributed by atoms with Crippen molar-refractivity contribution in [3.05, 3.63) is 83.7 Å². The number of hydrogen-bond acceptors (Lipinski definition) is 3. The number of carbonyl (C=O) groups is 1. The Kier molecular flexibility index (Phi) is 6.94. The minimum absolute atomic E-state index is 0.151. The number of para-hydroxylation sites is 1. The number of aliphatic hydroxyl groups is 1. The van der Waals surface area contributed by atoms with E-state index in [0.717, 1.165) is 17.7 Å². The molecule has 5 rings (SSSR count). The fourth-order valence-corrected chi connectivity index (χ4v) is 5.25. The number of aliphatic hydroxyl groups excluding tert-OH is 1. The average Bonchev–Trinajstić information content (AvgIpc) is 3.38. The van der Waals surface area contributed by atoms with Gasteiger partial charge in [0.1, 0.15) is 5.82 Å². The second-order valence-electron chi connectivity index (χ2n) is 9.81. The number of rotatable bonds is 3. The maximum absolute atomic E-state index is 14.3. The standard InChI is InChI=1S/C27H28F4N4O2/c28-23-3-1-2-4-25(23)35-16-24(32-17-35)20-13-19(18-5-7-21(8-6-18)27(29,30)31)14-34(15-20)26(37)33-11-9-22(36)10-12-33/h1-8,16-17,19-20,22,36H,9-15H2. The van der Waals surface area contributed by atoms with Crippen LogP contribution in [0.4, 0.5) is 22.4 Å². The van der Waals surface area contributed by atoms with E-state index in [0.29, 0.717) is 56.8 Å². The fraction of sp³-hybridized carbons (Fsp3) is 0.407. The van der Waals surface area contributed by atoms with Crippen molar-refractivity contribution in [1.29, 1.82) is 0 Å². The molecular formula is C27H28F4N4O2. The molecular weight excluding hydrogens is 488 g/mol. The molecule has 0 aliphatic carbocycles. The largest absolute Gasteiger partial charge is 0.416 e. The lowest BCUT2D eigenvalue weighted by Gasteiger charge is -2.41. The number of aromatic nitrogens is 2. The maximum Gasteiger partial charge on any atom is 0.416 e. The van der Waals surface area contributed by atoms with E-state index in [2.05, 4.69) is 4.98 Å². The van der Waals surface area contributed by atoms with Crippen LogP contribution in [0.3, 0.4) is 0 Å². The number of carbonyl (C=O) groups excluding carboxylic acids is 1. The summed E-state index contributed by atoms with van der Waals surface area (Å²) in [5.41, 5.74) is 1.05. The van der Waals surface area contributed by atoms with Gasteiger partial charge in [-0.05, 0) is 49.1 Å². The van der Waals surface area contributed by atoms with Gasteiger partial charge < -0.3 is 19.5 Å². The van der Waals surface area contributed by atoms with Crippen molar-refractivity contribution in [1.82, 2.24) is 19.4 Å². The molecule has 0 radical (unpaired) electrons. The highest BCUT2D eigenvalue weighted by Crippen LogP contribution is 2.37. The summed E-state index contributed by atoms with van der Waals surface area (Å²) in [6, 6.07) is 11.3. The molecule has 1 N–H and O–H groups in total. The highest BCUT2D eigenvalue weighted by Gasteiger charge is 2.36. The Hall–Kier alpha value is -3.40. The van der Waals surface area contributed by atoms with Crippen LogP contribution in [-0.4, -0.2) is 62.8 Å². The number of imidazole rings is 1. The maximum atomic E-state index is 14.3. The molecule has 2 aliphatic rings. The summed E-state index contributed by atoms with van der Waals surface area (Å²) in [5, 5.41) is 9.83. The zero-order chi connectivity index (χ0) is 26.2. The number of likely N-dealkylation sites (tertiary alicyclic amines) is 2. The summed E-state index contributed by atoms with van der Waals surface area (Å²) in [6.45, 7) is 1.67. The van der Waals surface area contributed by atoms with Crippen LogP contribution >= 0.6 is 0 Å². The van der Waals surface area contributed by atoms with Crippen LogP contribution in [0.25, 0.3) is 5.69 Å². The number of alkyl halides is 3. The van der Waals surface area contributed by atoms with E-state index in [1.54, 1.807) is 38.8 Å². The Morgan fingerprint density at radius 1 is 0.946 bits per heavy atom. The molecule has 2 fully saturated rings. The highest BCUT2D eigenvalue weighted by molar-refractivity contribution is 5.75. The van der Waals surface area contributed by atoms with Gasteiger partial charge in [0.25, 0.3) is 0 Å². The quantitative estimate of drug-likeness (QED) is 0.488. The Morgan fingerprint density at radius 3 is 2.30 bits per heavy atom. The monoisotopic (exact) mass is 516 g/mol.